The van der Waals surface area contributed by atoms with Gasteiger partial charge in [-0.05, 0) is 12.1 Å². The molecule has 2 aromatic rings. The molecule has 1 atom stereocenters. The third-order valence-electron chi connectivity index (χ3n) is 2.51. The Labute approximate surface area is 109 Å². The first-order valence-electron chi connectivity index (χ1n) is 5.16. The van der Waals surface area contributed by atoms with Crippen LogP contribution in [0.2, 0.25) is 0 Å². The van der Waals surface area contributed by atoms with Crippen molar-refractivity contribution in [3.8, 4) is 11.4 Å². The summed E-state index contributed by atoms with van der Waals surface area (Å²) in [6, 6.07) is 6.05. The first-order valence-corrected chi connectivity index (χ1v) is 6.37. The molecule has 1 aromatic carbocycles. The third kappa shape index (κ3) is 2.85. The van der Waals surface area contributed by atoms with Crippen molar-refractivity contribution < 1.29 is 17.4 Å². The van der Waals surface area contributed by atoms with E-state index in [-0.39, 0.29) is 5.82 Å². The van der Waals surface area contributed by atoms with E-state index in [1.807, 2.05) is 0 Å². The molecule has 102 valence electrons. The topological polar surface area (TPSA) is 60.9 Å². The van der Waals surface area contributed by atoms with Crippen LogP contribution in [0.25, 0.3) is 11.4 Å². The maximum atomic E-state index is 12.5. The molecule has 2 N–H and O–H groups in total. The SMILES string of the molecule is Cn1cc(C(F)(F)F)nc1-c1ccc(S(N)=O)cc1. The largest absolute Gasteiger partial charge is 0.434 e. The summed E-state index contributed by atoms with van der Waals surface area (Å²) < 4.78 is 49.9. The highest BCUT2D eigenvalue weighted by molar-refractivity contribution is 7.82. The van der Waals surface area contributed by atoms with Gasteiger partial charge in [-0.2, -0.15) is 13.2 Å². The number of aromatic nitrogens is 2. The second-order valence-electron chi connectivity index (χ2n) is 3.88. The molecule has 0 fully saturated rings. The fourth-order valence-electron chi connectivity index (χ4n) is 1.61. The molecule has 0 aliphatic carbocycles. The minimum atomic E-state index is -4.48. The van der Waals surface area contributed by atoms with Crippen LogP contribution in [-0.4, -0.2) is 13.8 Å². The van der Waals surface area contributed by atoms with Crippen LogP contribution in [0.1, 0.15) is 5.69 Å². The Morgan fingerprint density at radius 3 is 2.26 bits per heavy atom. The van der Waals surface area contributed by atoms with Crippen LogP contribution in [0.5, 0.6) is 0 Å². The van der Waals surface area contributed by atoms with Crippen LogP contribution in [-0.2, 0) is 24.2 Å². The first-order chi connectivity index (χ1) is 8.79. The summed E-state index contributed by atoms with van der Waals surface area (Å²) >= 11 is 0. The lowest BCUT2D eigenvalue weighted by atomic mass is 10.2. The summed E-state index contributed by atoms with van der Waals surface area (Å²) in [4.78, 5) is 3.95. The zero-order chi connectivity index (χ0) is 14.2. The highest BCUT2D eigenvalue weighted by Gasteiger charge is 2.34. The van der Waals surface area contributed by atoms with Crippen LogP contribution in [0.3, 0.4) is 0 Å². The van der Waals surface area contributed by atoms with Gasteiger partial charge >= 0.3 is 6.18 Å². The van der Waals surface area contributed by atoms with E-state index < -0.39 is 22.9 Å². The highest BCUT2D eigenvalue weighted by Crippen LogP contribution is 2.30. The van der Waals surface area contributed by atoms with Crippen molar-refractivity contribution in [2.75, 3.05) is 0 Å². The first kappa shape index (κ1) is 13.8. The molecule has 2 rings (SSSR count). The Bertz CT molecular complexity index is 619. The number of imidazole rings is 1. The van der Waals surface area contributed by atoms with Gasteiger partial charge in [0.15, 0.2) is 5.69 Å². The van der Waals surface area contributed by atoms with Gasteiger partial charge in [-0.3, -0.25) is 0 Å². The molecule has 0 aliphatic heterocycles. The molecule has 1 unspecified atom stereocenters. The number of nitrogens with two attached hydrogens (primary N) is 1. The number of rotatable bonds is 2. The van der Waals surface area contributed by atoms with Gasteiger partial charge in [0, 0.05) is 18.8 Å². The average Bonchev–Trinajstić information content (AvgIpc) is 2.71. The Morgan fingerprint density at radius 2 is 1.84 bits per heavy atom. The van der Waals surface area contributed by atoms with Gasteiger partial charge in [-0.15, -0.1) is 0 Å². The molecular formula is C11H10F3N3OS. The molecule has 0 aliphatic rings. The Balaban J connectivity index is 2.42. The van der Waals surface area contributed by atoms with Gasteiger partial charge in [0.25, 0.3) is 0 Å². The molecule has 0 saturated carbocycles. The lowest BCUT2D eigenvalue weighted by Gasteiger charge is -2.02. The van der Waals surface area contributed by atoms with Crippen molar-refractivity contribution in [1.29, 1.82) is 0 Å². The minimum absolute atomic E-state index is 0.182. The number of nitrogens with zero attached hydrogens (tertiary/aromatic N) is 2. The van der Waals surface area contributed by atoms with Crippen LogP contribution in [0.4, 0.5) is 13.2 Å². The molecule has 0 radical (unpaired) electrons. The summed E-state index contributed by atoms with van der Waals surface area (Å²) in [6.45, 7) is 0. The maximum absolute atomic E-state index is 12.5. The van der Waals surface area contributed by atoms with E-state index in [0.717, 1.165) is 6.20 Å². The lowest BCUT2D eigenvalue weighted by Crippen LogP contribution is -2.05. The number of hydrogen-bond acceptors (Lipinski definition) is 2. The number of hydrogen-bond donors (Lipinski definition) is 1. The van der Waals surface area contributed by atoms with Gasteiger partial charge in [0.1, 0.15) is 16.8 Å². The van der Waals surface area contributed by atoms with E-state index in [2.05, 4.69) is 4.98 Å². The standard InChI is InChI=1S/C11H10F3N3OS/c1-17-6-9(11(12,13)14)16-10(17)7-2-4-8(5-3-7)19(15)18/h2-6H,15H2,1H3. The molecular weight excluding hydrogens is 279 g/mol. The Kier molecular flexibility index (Phi) is 3.46. The van der Waals surface area contributed by atoms with Gasteiger partial charge in [0.05, 0.1) is 4.90 Å². The minimum Gasteiger partial charge on any atom is -0.333 e. The Morgan fingerprint density at radius 1 is 1.26 bits per heavy atom. The smallest absolute Gasteiger partial charge is 0.333 e. The number of benzene rings is 1. The third-order valence-corrected chi connectivity index (χ3v) is 3.25. The monoisotopic (exact) mass is 289 g/mol. The van der Waals surface area contributed by atoms with Crippen LogP contribution in [0.15, 0.2) is 35.4 Å². The quantitative estimate of drug-likeness (QED) is 0.920. The van der Waals surface area contributed by atoms with Gasteiger partial charge in [-0.25, -0.2) is 14.3 Å². The average molecular weight is 289 g/mol. The zero-order valence-electron chi connectivity index (χ0n) is 9.81. The normalized spacial score (nSPS) is 13.5. The van der Waals surface area contributed by atoms with Crippen molar-refractivity contribution in [3.63, 3.8) is 0 Å². The maximum Gasteiger partial charge on any atom is 0.434 e. The predicted molar refractivity (Wildman–Crippen MR) is 64.2 cm³/mol. The predicted octanol–water partition coefficient (Wildman–Crippen LogP) is 2.09. The second-order valence-corrected chi connectivity index (χ2v) is 4.95. The van der Waals surface area contributed by atoms with E-state index in [9.17, 15) is 17.4 Å². The number of halogens is 3. The van der Waals surface area contributed by atoms with Crippen molar-refractivity contribution in [2.24, 2.45) is 12.2 Å². The van der Waals surface area contributed by atoms with Crippen molar-refractivity contribution >= 4 is 11.0 Å². The second kappa shape index (κ2) is 4.78. The fourth-order valence-corrected chi connectivity index (χ4v) is 2.01. The van der Waals surface area contributed by atoms with E-state index in [1.54, 1.807) is 0 Å². The van der Waals surface area contributed by atoms with Gasteiger partial charge in [0.2, 0.25) is 0 Å². The molecule has 4 nitrogen and oxygen atoms in total. The number of alkyl halides is 3. The summed E-state index contributed by atoms with van der Waals surface area (Å²) in [5.74, 6) is 0.182. The highest BCUT2D eigenvalue weighted by atomic mass is 32.2. The zero-order valence-corrected chi connectivity index (χ0v) is 10.6. The number of aryl methyl sites for hydroxylation is 1. The molecule has 0 spiro atoms. The summed E-state index contributed by atoms with van der Waals surface area (Å²) in [6.07, 6.45) is -3.56. The Hall–Kier alpha value is -1.67. The van der Waals surface area contributed by atoms with E-state index in [0.29, 0.717) is 10.5 Å². The van der Waals surface area contributed by atoms with Gasteiger partial charge in [-0.1, -0.05) is 12.1 Å². The van der Waals surface area contributed by atoms with Crippen molar-refractivity contribution in [1.82, 2.24) is 9.55 Å². The fraction of sp³-hybridized carbons (Fsp3) is 0.182. The summed E-state index contributed by atoms with van der Waals surface area (Å²) in [5.41, 5.74) is -0.455. The van der Waals surface area contributed by atoms with Crippen molar-refractivity contribution in [3.05, 3.63) is 36.2 Å². The molecule has 0 saturated heterocycles. The van der Waals surface area contributed by atoms with Crippen LogP contribution >= 0.6 is 0 Å². The molecule has 1 heterocycles. The summed E-state index contributed by atoms with van der Waals surface area (Å²) in [7, 11) is -0.136. The van der Waals surface area contributed by atoms with Crippen LogP contribution in [0, 0.1) is 0 Å². The van der Waals surface area contributed by atoms with E-state index in [1.165, 1.54) is 35.9 Å². The van der Waals surface area contributed by atoms with E-state index >= 15 is 0 Å². The molecule has 8 heteroatoms. The molecule has 19 heavy (non-hydrogen) atoms. The van der Waals surface area contributed by atoms with Crippen LogP contribution < -0.4 is 5.14 Å². The van der Waals surface area contributed by atoms with E-state index in [4.69, 9.17) is 5.14 Å². The molecule has 1 aromatic heterocycles. The van der Waals surface area contributed by atoms with Gasteiger partial charge < -0.3 is 4.57 Å². The summed E-state index contributed by atoms with van der Waals surface area (Å²) in [5, 5.41) is 5.20. The molecule has 0 bridgehead atoms. The molecule has 0 amide bonds. The lowest BCUT2D eigenvalue weighted by molar-refractivity contribution is -0.140. The van der Waals surface area contributed by atoms with Crippen molar-refractivity contribution in [2.45, 2.75) is 11.1 Å².